The zero-order valence-corrected chi connectivity index (χ0v) is 11.8. The van der Waals surface area contributed by atoms with Crippen LogP contribution in [0.4, 0.5) is 17.1 Å². The number of benzene rings is 2. The molecule has 0 radical (unpaired) electrons. The largest absolute Gasteiger partial charge is 0.355 e. The number of hydrogen-bond acceptors (Lipinski definition) is 3. The Morgan fingerprint density at radius 2 is 1.72 bits per heavy atom. The van der Waals surface area contributed by atoms with E-state index in [2.05, 4.69) is 5.32 Å². The molecule has 0 unspecified atom stereocenters. The molecule has 92 valence electrons. The molecule has 2 aromatic carbocycles. The highest BCUT2D eigenvalue weighted by Crippen LogP contribution is 2.26. The van der Waals surface area contributed by atoms with Crippen molar-refractivity contribution in [3.8, 4) is 0 Å². The molecule has 0 spiro atoms. The molecule has 2 rings (SSSR count). The lowest BCUT2D eigenvalue weighted by atomic mass is 10.2. The number of nitro benzene ring substituents is 1. The number of halogens is 1. The summed E-state index contributed by atoms with van der Waals surface area (Å²) in [5.74, 6) is 0. The predicted octanol–water partition coefficient (Wildman–Crippen LogP) is 4.25. The van der Waals surface area contributed by atoms with Crippen LogP contribution in [0.2, 0.25) is 0 Å². The van der Waals surface area contributed by atoms with Crippen molar-refractivity contribution in [1.29, 1.82) is 0 Å². The first-order chi connectivity index (χ1) is 8.56. The minimum atomic E-state index is -0.378. The molecule has 0 aromatic heterocycles. The van der Waals surface area contributed by atoms with Crippen molar-refractivity contribution in [2.75, 3.05) is 5.32 Å². The number of nitrogens with zero attached hydrogens (tertiary/aromatic N) is 1. The second kappa shape index (κ2) is 5.34. The first-order valence-corrected chi connectivity index (χ1v) is 6.42. The quantitative estimate of drug-likeness (QED) is 0.509. The maximum absolute atomic E-state index is 10.7. The third-order valence-corrected chi connectivity index (χ3v) is 3.35. The molecule has 0 aliphatic heterocycles. The second-order valence-electron chi connectivity index (χ2n) is 3.91. The van der Waals surface area contributed by atoms with E-state index in [1.54, 1.807) is 12.1 Å². The normalized spacial score (nSPS) is 10.1. The van der Waals surface area contributed by atoms with Gasteiger partial charge in [0.2, 0.25) is 0 Å². The van der Waals surface area contributed by atoms with Gasteiger partial charge in [0, 0.05) is 17.4 Å². The van der Waals surface area contributed by atoms with Gasteiger partial charge in [-0.3, -0.25) is 10.1 Å². The molecule has 0 saturated heterocycles. The van der Waals surface area contributed by atoms with Gasteiger partial charge in [0.15, 0.2) is 0 Å². The van der Waals surface area contributed by atoms with Crippen LogP contribution in [0.25, 0.3) is 0 Å². The van der Waals surface area contributed by atoms with Crippen LogP contribution in [-0.2, 0) is 0 Å². The van der Waals surface area contributed by atoms with E-state index in [1.807, 2.05) is 53.8 Å². The zero-order chi connectivity index (χ0) is 13.1. The van der Waals surface area contributed by atoms with Gasteiger partial charge in [-0.2, -0.15) is 0 Å². The highest BCUT2D eigenvalue weighted by atomic mass is 127. The summed E-state index contributed by atoms with van der Waals surface area (Å²) in [5, 5.41) is 13.9. The molecule has 0 bridgehead atoms. The number of aryl methyl sites for hydroxylation is 1. The van der Waals surface area contributed by atoms with Crippen molar-refractivity contribution in [2.24, 2.45) is 0 Å². The van der Waals surface area contributed by atoms with E-state index in [9.17, 15) is 10.1 Å². The van der Waals surface area contributed by atoms with E-state index in [-0.39, 0.29) is 10.6 Å². The van der Waals surface area contributed by atoms with E-state index >= 15 is 0 Å². The molecule has 0 atom stereocenters. The molecular formula is C13H11IN2O2. The first kappa shape index (κ1) is 12.8. The maximum Gasteiger partial charge on any atom is 0.282 e. The average Bonchev–Trinajstić information content (AvgIpc) is 2.32. The Morgan fingerprint density at radius 3 is 2.28 bits per heavy atom. The maximum atomic E-state index is 10.7. The molecule has 1 N–H and O–H groups in total. The Labute approximate surface area is 118 Å². The van der Waals surface area contributed by atoms with Crippen LogP contribution in [0.15, 0.2) is 42.5 Å². The van der Waals surface area contributed by atoms with Gasteiger partial charge in [0.05, 0.1) is 8.49 Å². The van der Waals surface area contributed by atoms with E-state index < -0.39 is 0 Å². The van der Waals surface area contributed by atoms with Gasteiger partial charge < -0.3 is 5.32 Å². The smallest absolute Gasteiger partial charge is 0.282 e. The van der Waals surface area contributed by atoms with Crippen LogP contribution in [-0.4, -0.2) is 4.92 Å². The van der Waals surface area contributed by atoms with Crippen molar-refractivity contribution in [1.82, 2.24) is 0 Å². The van der Waals surface area contributed by atoms with Crippen LogP contribution in [0, 0.1) is 20.6 Å². The van der Waals surface area contributed by atoms with Crippen LogP contribution in [0.5, 0.6) is 0 Å². The highest BCUT2D eigenvalue weighted by molar-refractivity contribution is 14.1. The summed E-state index contributed by atoms with van der Waals surface area (Å²) in [4.78, 5) is 10.3. The molecule has 18 heavy (non-hydrogen) atoms. The summed E-state index contributed by atoms with van der Waals surface area (Å²) >= 11 is 1.97. The first-order valence-electron chi connectivity index (χ1n) is 5.34. The van der Waals surface area contributed by atoms with Crippen molar-refractivity contribution >= 4 is 39.7 Å². The molecular weight excluding hydrogens is 343 g/mol. The van der Waals surface area contributed by atoms with Crippen molar-refractivity contribution in [3.05, 3.63) is 61.7 Å². The van der Waals surface area contributed by atoms with Crippen LogP contribution in [0.1, 0.15) is 5.56 Å². The second-order valence-corrected chi connectivity index (χ2v) is 5.08. The molecule has 2 aromatic rings. The topological polar surface area (TPSA) is 55.2 Å². The Kier molecular flexibility index (Phi) is 3.81. The Bertz CT molecular complexity index is 582. The van der Waals surface area contributed by atoms with E-state index in [0.717, 1.165) is 11.4 Å². The fraction of sp³-hybridized carbons (Fsp3) is 0.0769. The summed E-state index contributed by atoms with van der Waals surface area (Å²) < 4.78 is 0.620. The van der Waals surface area contributed by atoms with Crippen LogP contribution >= 0.6 is 22.6 Å². The van der Waals surface area contributed by atoms with Gasteiger partial charge in [-0.15, -0.1) is 0 Å². The number of nitro groups is 1. The minimum absolute atomic E-state index is 0.130. The van der Waals surface area contributed by atoms with Crippen molar-refractivity contribution in [2.45, 2.75) is 6.92 Å². The molecule has 0 saturated carbocycles. The van der Waals surface area contributed by atoms with Crippen molar-refractivity contribution < 1.29 is 4.92 Å². The van der Waals surface area contributed by atoms with E-state index in [1.165, 1.54) is 11.6 Å². The molecule has 0 fully saturated rings. The lowest BCUT2D eigenvalue weighted by Crippen LogP contribution is -1.94. The Morgan fingerprint density at radius 1 is 1.11 bits per heavy atom. The molecule has 0 amide bonds. The summed E-state index contributed by atoms with van der Waals surface area (Å²) in [5.41, 5.74) is 3.13. The number of nitrogens with one attached hydrogen (secondary N) is 1. The van der Waals surface area contributed by atoms with Gasteiger partial charge >= 0.3 is 0 Å². The highest BCUT2D eigenvalue weighted by Gasteiger charge is 2.11. The monoisotopic (exact) mass is 354 g/mol. The molecule has 0 aliphatic rings. The third kappa shape index (κ3) is 2.98. The standard InChI is InChI=1S/C13H11IN2O2/c1-9-2-4-10(5-3-9)15-11-6-7-13(16(17)18)12(14)8-11/h2-8,15H,1H3. The lowest BCUT2D eigenvalue weighted by molar-refractivity contribution is -0.385. The van der Waals surface area contributed by atoms with Gasteiger partial charge in [0.25, 0.3) is 5.69 Å². The van der Waals surface area contributed by atoms with Crippen LogP contribution in [0.3, 0.4) is 0 Å². The van der Waals surface area contributed by atoms with E-state index in [0.29, 0.717) is 3.57 Å². The lowest BCUT2D eigenvalue weighted by Gasteiger charge is -2.07. The Balaban J connectivity index is 2.22. The van der Waals surface area contributed by atoms with Gasteiger partial charge in [-0.25, -0.2) is 0 Å². The summed E-state index contributed by atoms with van der Waals surface area (Å²) in [6.07, 6.45) is 0. The number of hydrogen-bond donors (Lipinski definition) is 1. The third-order valence-electron chi connectivity index (χ3n) is 2.48. The summed E-state index contributed by atoms with van der Waals surface area (Å²) in [6, 6.07) is 13.0. The Hall–Kier alpha value is -1.63. The predicted molar refractivity (Wildman–Crippen MR) is 80.3 cm³/mol. The fourth-order valence-corrected chi connectivity index (χ4v) is 2.25. The van der Waals surface area contributed by atoms with Crippen LogP contribution < -0.4 is 5.32 Å². The number of rotatable bonds is 3. The fourth-order valence-electron chi connectivity index (χ4n) is 1.54. The van der Waals surface area contributed by atoms with Gasteiger partial charge in [-0.1, -0.05) is 17.7 Å². The van der Waals surface area contributed by atoms with E-state index in [4.69, 9.17) is 0 Å². The molecule has 0 heterocycles. The minimum Gasteiger partial charge on any atom is -0.355 e. The molecule has 5 heteroatoms. The van der Waals surface area contributed by atoms with Gasteiger partial charge in [0.1, 0.15) is 0 Å². The zero-order valence-electron chi connectivity index (χ0n) is 9.68. The summed E-state index contributed by atoms with van der Waals surface area (Å²) in [7, 11) is 0. The molecule has 0 aliphatic carbocycles. The van der Waals surface area contributed by atoms with Crippen molar-refractivity contribution in [3.63, 3.8) is 0 Å². The SMILES string of the molecule is Cc1ccc(Nc2ccc([N+](=O)[O-])c(I)c2)cc1. The average molecular weight is 354 g/mol. The number of anilines is 2. The summed E-state index contributed by atoms with van der Waals surface area (Å²) in [6.45, 7) is 2.03. The molecule has 4 nitrogen and oxygen atoms in total. The van der Waals surface area contributed by atoms with Gasteiger partial charge in [-0.05, 0) is 53.8 Å².